The van der Waals surface area contributed by atoms with Gasteiger partial charge >= 0.3 is 0 Å². The Labute approximate surface area is 104 Å². The topological polar surface area (TPSA) is 29.1 Å². The Hall–Kier alpha value is -0.610. The molecule has 2 nitrogen and oxygen atoms in total. The number of hydrogen-bond acceptors (Lipinski definition) is 3. The molecule has 1 spiro atoms. The van der Waals surface area contributed by atoms with Gasteiger partial charge in [0.25, 0.3) is 5.91 Å². The lowest BCUT2D eigenvalue weighted by molar-refractivity contribution is -0.116. The molecule has 1 N–H and O–H groups in total. The van der Waals surface area contributed by atoms with Crippen molar-refractivity contribution in [1.82, 2.24) is 0 Å². The molecule has 1 aromatic rings. The third kappa shape index (κ3) is 1.26. The number of thioether (sulfide) groups is 2. The van der Waals surface area contributed by atoms with Crippen LogP contribution in [0, 0.1) is 13.8 Å². The number of rotatable bonds is 0. The Morgan fingerprint density at radius 2 is 1.94 bits per heavy atom. The summed E-state index contributed by atoms with van der Waals surface area (Å²) in [4.78, 5) is 12.2. The summed E-state index contributed by atoms with van der Waals surface area (Å²) in [6.45, 7) is 4.16. The molecule has 16 heavy (non-hydrogen) atoms. The van der Waals surface area contributed by atoms with Crippen LogP contribution < -0.4 is 5.32 Å². The Morgan fingerprint density at radius 1 is 1.25 bits per heavy atom. The number of amides is 1. The summed E-state index contributed by atoms with van der Waals surface area (Å²) < 4.78 is -0.355. The summed E-state index contributed by atoms with van der Waals surface area (Å²) in [7, 11) is 0. The average Bonchev–Trinajstić information content (AvgIpc) is 2.79. The van der Waals surface area contributed by atoms with Gasteiger partial charge < -0.3 is 5.32 Å². The summed E-state index contributed by atoms with van der Waals surface area (Å²) in [6.07, 6.45) is 0. The van der Waals surface area contributed by atoms with E-state index in [-0.39, 0.29) is 9.99 Å². The van der Waals surface area contributed by atoms with E-state index in [1.807, 2.05) is 0 Å². The monoisotopic (exact) mass is 251 g/mol. The molecule has 0 atom stereocenters. The molecule has 0 bridgehead atoms. The number of benzene rings is 1. The molecule has 2 aliphatic rings. The second-order valence-corrected chi connectivity index (χ2v) is 7.15. The van der Waals surface area contributed by atoms with E-state index in [0.717, 1.165) is 17.2 Å². The lowest BCUT2D eigenvalue weighted by Gasteiger charge is -2.19. The summed E-state index contributed by atoms with van der Waals surface area (Å²) in [5, 5.41) is 3.05. The van der Waals surface area contributed by atoms with Crippen LogP contribution in [0.25, 0.3) is 0 Å². The van der Waals surface area contributed by atoms with Gasteiger partial charge in [-0.15, -0.1) is 23.5 Å². The highest BCUT2D eigenvalue weighted by Gasteiger charge is 2.50. The second-order valence-electron chi connectivity index (χ2n) is 4.27. The number of aryl methyl sites for hydroxylation is 2. The van der Waals surface area contributed by atoms with E-state index in [0.29, 0.717) is 0 Å². The average molecular weight is 251 g/mol. The molecule has 2 aliphatic heterocycles. The van der Waals surface area contributed by atoms with Crippen LogP contribution in [0.1, 0.15) is 16.7 Å². The van der Waals surface area contributed by atoms with Gasteiger partial charge in [-0.05, 0) is 19.4 Å². The second kappa shape index (κ2) is 3.44. The van der Waals surface area contributed by atoms with E-state index in [1.165, 1.54) is 16.7 Å². The molecular formula is C12H13NOS2. The predicted molar refractivity (Wildman–Crippen MR) is 71.1 cm³/mol. The Balaban J connectivity index is 2.24. The Morgan fingerprint density at radius 3 is 2.62 bits per heavy atom. The van der Waals surface area contributed by atoms with Crippen LogP contribution in [0.2, 0.25) is 0 Å². The number of carbonyl (C=O) groups is 1. The van der Waals surface area contributed by atoms with Crippen molar-refractivity contribution in [3.63, 3.8) is 0 Å². The molecule has 0 unspecified atom stereocenters. The smallest absolute Gasteiger partial charge is 0.255 e. The zero-order chi connectivity index (χ0) is 11.3. The zero-order valence-corrected chi connectivity index (χ0v) is 10.9. The predicted octanol–water partition coefficient (Wildman–Crippen LogP) is 2.89. The summed E-state index contributed by atoms with van der Waals surface area (Å²) in [5.41, 5.74) is 4.63. The van der Waals surface area contributed by atoms with Crippen LogP contribution in [-0.4, -0.2) is 17.4 Å². The van der Waals surface area contributed by atoms with Crippen LogP contribution in [0.4, 0.5) is 5.69 Å². The van der Waals surface area contributed by atoms with E-state index >= 15 is 0 Å². The first-order valence-electron chi connectivity index (χ1n) is 5.34. The van der Waals surface area contributed by atoms with Crippen LogP contribution in [0.3, 0.4) is 0 Å². The fraction of sp³-hybridized carbons (Fsp3) is 0.417. The first kappa shape index (κ1) is 10.5. The normalized spacial score (nSPS) is 21.2. The van der Waals surface area contributed by atoms with Crippen molar-refractivity contribution in [3.8, 4) is 0 Å². The van der Waals surface area contributed by atoms with Crippen molar-refractivity contribution in [2.45, 2.75) is 17.9 Å². The van der Waals surface area contributed by atoms with Crippen molar-refractivity contribution < 1.29 is 4.79 Å². The number of hydrogen-bond donors (Lipinski definition) is 1. The number of fused-ring (bicyclic) bond motifs is 2. The molecule has 1 saturated heterocycles. The van der Waals surface area contributed by atoms with Gasteiger partial charge in [0.15, 0.2) is 4.08 Å². The SMILES string of the molecule is Cc1cc(C)c2c(c1)C1(SCCS1)C(=O)N2. The van der Waals surface area contributed by atoms with Gasteiger partial charge in [-0.3, -0.25) is 4.79 Å². The van der Waals surface area contributed by atoms with E-state index in [1.54, 1.807) is 23.5 Å². The van der Waals surface area contributed by atoms with E-state index in [9.17, 15) is 4.79 Å². The molecule has 1 aromatic carbocycles. The third-order valence-electron chi connectivity index (χ3n) is 3.07. The van der Waals surface area contributed by atoms with E-state index in [4.69, 9.17) is 0 Å². The molecule has 0 radical (unpaired) electrons. The minimum absolute atomic E-state index is 0.156. The lowest BCUT2D eigenvalue weighted by Crippen LogP contribution is -2.24. The van der Waals surface area contributed by atoms with Crippen molar-refractivity contribution in [1.29, 1.82) is 0 Å². The van der Waals surface area contributed by atoms with Crippen molar-refractivity contribution in [2.24, 2.45) is 0 Å². The van der Waals surface area contributed by atoms with Crippen molar-refractivity contribution in [2.75, 3.05) is 16.8 Å². The molecule has 1 fully saturated rings. The Bertz CT molecular complexity index is 478. The first-order valence-corrected chi connectivity index (χ1v) is 7.32. The highest BCUT2D eigenvalue weighted by Crippen LogP contribution is 2.58. The van der Waals surface area contributed by atoms with Crippen LogP contribution >= 0.6 is 23.5 Å². The minimum atomic E-state index is -0.355. The van der Waals surface area contributed by atoms with Gasteiger partial charge in [0.2, 0.25) is 0 Å². The first-order chi connectivity index (χ1) is 7.63. The summed E-state index contributed by atoms with van der Waals surface area (Å²) in [6, 6.07) is 4.29. The summed E-state index contributed by atoms with van der Waals surface area (Å²) >= 11 is 3.54. The fourth-order valence-corrected chi connectivity index (χ4v) is 5.48. The largest absolute Gasteiger partial charge is 0.323 e. The highest BCUT2D eigenvalue weighted by atomic mass is 32.2. The third-order valence-corrected chi connectivity index (χ3v) is 6.47. The van der Waals surface area contributed by atoms with E-state index < -0.39 is 0 Å². The van der Waals surface area contributed by atoms with Gasteiger partial charge in [0.05, 0.1) is 0 Å². The molecule has 0 aliphatic carbocycles. The summed E-state index contributed by atoms with van der Waals surface area (Å²) in [5.74, 6) is 2.28. The minimum Gasteiger partial charge on any atom is -0.323 e. The molecule has 2 heterocycles. The van der Waals surface area contributed by atoms with E-state index in [2.05, 4.69) is 31.3 Å². The van der Waals surface area contributed by atoms with Gasteiger partial charge in [-0.2, -0.15) is 0 Å². The van der Waals surface area contributed by atoms with Crippen molar-refractivity contribution >= 4 is 35.1 Å². The molecule has 4 heteroatoms. The van der Waals surface area contributed by atoms with Gasteiger partial charge in [0.1, 0.15) is 0 Å². The molecule has 1 amide bonds. The van der Waals surface area contributed by atoms with Crippen molar-refractivity contribution in [3.05, 3.63) is 28.8 Å². The lowest BCUT2D eigenvalue weighted by atomic mass is 10.0. The van der Waals surface area contributed by atoms with Crippen LogP contribution in [0.5, 0.6) is 0 Å². The molecule has 0 aromatic heterocycles. The van der Waals surface area contributed by atoms with Crippen LogP contribution in [-0.2, 0) is 8.87 Å². The fourth-order valence-electron chi connectivity index (χ4n) is 2.41. The van der Waals surface area contributed by atoms with Gasteiger partial charge in [-0.1, -0.05) is 17.7 Å². The number of carbonyl (C=O) groups excluding carboxylic acids is 1. The number of nitrogens with one attached hydrogen (secondary N) is 1. The number of anilines is 1. The van der Waals surface area contributed by atoms with Gasteiger partial charge in [-0.25, -0.2) is 0 Å². The maximum Gasteiger partial charge on any atom is 0.255 e. The zero-order valence-electron chi connectivity index (χ0n) is 9.29. The maximum absolute atomic E-state index is 12.2. The molecule has 0 saturated carbocycles. The molecular weight excluding hydrogens is 238 g/mol. The Kier molecular flexibility index (Phi) is 2.27. The molecule has 84 valence electrons. The van der Waals surface area contributed by atoms with Crippen LogP contribution in [0.15, 0.2) is 12.1 Å². The molecule has 3 rings (SSSR count). The highest BCUT2D eigenvalue weighted by molar-refractivity contribution is 8.21. The standard InChI is InChI=1S/C12H13NOS2/c1-7-5-8(2)10-9(6-7)12(11(14)13-10)15-3-4-16-12/h5-6H,3-4H2,1-2H3,(H,13,14). The quantitative estimate of drug-likeness (QED) is 0.768. The van der Waals surface area contributed by atoms with Gasteiger partial charge in [0, 0.05) is 22.8 Å². The maximum atomic E-state index is 12.2.